The summed E-state index contributed by atoms with van der Waals surface area (Å²) in [6.45, 7) is 8.09. The Kier molecular flexibility index (Phi) is 22.8. The molecule has 1 aliphatic carbocycles. The number of hydroxylamine groups is 2. The molecular formula is C50H55N3Na3O17S4+. The van der Waals surface area contributed by atoms with Crippen molar-refractivity contribution < 1.29 is 169 Å². The van der Waals surface area contributed by atoms with E-state index in [0.29, 0.717) is 95.3 Å². The number of rotatable bonds is 20. The number of fused-ring (bicyclic) bond motifs is 2. The Bertz CT molecular complexity index is 3410. The second-order valence-corrected chi connectivity index (χ2v) is 25.1. The number of allylic oxidation sites excluding steroid dienone is 7. The Morgan fingerprint density at radius 3 is 1.92 bits per heavy atom. The molecule has 0 unspecified atom stereocenters. The molecule has 7 rings (SSSR count). The third-order valence-electron chi connectivity index (χ3n) is 13.5. The molecule has 20 nitrogen and oxygen atoms in total. The first-order valence-electron chi connectivity index (χ1n) is 23.7. The van der Waals surface area contributed by atoms with Gasteiger partial charge in [-0.25, -0.2) is 30.0 Å². The van der Waals surface area contributed by atoms with Gasteiger partial charge < -0.3 is 28.1 Å². The quantitative estimate of drug-likeness (QED) is 0.0396. The maximum Gasteiger partial charge on any atom is 1.00 e. The maximum atomic E-state index is 12.5. The third-order valence-corrected chi connectivity index (χ3v) is 16.8. The van der Waals surface area contributed by atoms with E-state index in [0.717, 1.165) is 17.8 Å². The number of imide groups is 1. The van der Waals surface area contributed by atoms with Crippen molar-refractivity contribution in [1.82, 2.24) is 5.06 Å². The molecule has 0 saturated carbocycles. The molecule has 0 bridgehead atoms. The summed E-state index contributed by atoms with van der Waals surface area (Å²) < 4.78 is 150. The second-order valence-electron chi connectivity index (χ2n) is 19.4. The van der Waals surface area contributed by atoms with Crippen molar-refractivity contribution in [3.05, 3.63) is 119 Å². The van der Waals surface area contributed by atoms with E-state index < -0.39 is 84.6 Å². The molecule has 0 atom stereocenters. The van der Waals surface area contributed by atoms with Gasteiger partial charge in [0, 0.05) is 72.5 Å². The fourth-order valence-corrected chi connectivity index (χ4v) is 11.7. The van der Waals surface area contributed by atoms with Crippen LogP contribution < -0.4 is 98.3 Å². The Morgan fingerprint density at radius 1 is 0.701 bits per heavy atom. The summed E-state index contributed by atoms with van der Waals surface area (Å²) in [5.41, 5.74) is 3.30. The molecule has 3 aromatic rings. The Hall–Kier alpha value is -2.86. The molecule has 0 aromatic heterocycles. The van der Waals surface area contributed by atoms with Crippen LogP contribution in [0.4, 0.5) is 11.4 Å². The Balaban J connectivity index is 0.00000427. The Labute approximate surface area is 515 Å². The molecule has 0 spiro atoms. The number of amides is 2. The van der Waals surface area contributed by atoms with Crippen molar-refractivity contribution in [3.8, 4) is 5.75 Å². The zero-order valence-electron chi connectivity index (χ0n) is 43.9. The van der Waals surface area contributed by atoms with Crippen molar-refractivity contribution in [2.45, 2.75) is 124 Å². The molecule has 3 aliphatic heterocycles. The van der Waals surface area contributed by atoms with Crippen LogP contribution in [0.5, 0.6) is 5.75 Å². The summed E-state index contributed by atoms with van der Waals surface area (Å²) in [5.74, 6) is -1.91. The number of anilines is 1. The topological polar surface area (TPSA) is 305 Å². The van der Waals surface area contributed by atoms with Crippen LogP contribution in [0.15, 0.2) is 122 Å². The molecule has 1 N–H and O–H groups in total. The van der Waals surface area contributed by atoms with Gasteiger partial charge in [-0.2, -0.15) is 13.0 Å². The summed E-state index contributed by atoms with van der Waals surface area (Å²) in [6.07, 6.45) is 10.5. The van der Waals surface area contributed by atoms with Crippen LogP contribution in [0, 0.1) is 0 Å². The number of carbonyl (C=O) groups is 3. The minimum atomic E-state index is -4.85. The van der Waals surface area contributed by atoms with Gasteiger partial charge in [0.1, 0.15) is 38.3 Å². The SMILES string of the molecule is CC1(C)C(=CC=C2CCCC(C=CC3=[N+](CCCCS(=O)(=O)[O-])c4ccc(S(=O)(=O)[O-])cc4C3(C)C)=C2Oc2ccc(S(=O)(=O)[O-])cc2)N(CCCCCC(=O)ON2C(=O)CCC2=O)c2ccc(S(=O)(=O)O)cc21.[Na+].[Na+].[Na+]. The van der Waals surface area contributed by atoms with E-state index in [9.17, 15) is 66.3 Å². The molecule has 398 valence electrons. The fraction of sp³-hybridized carbons (Fsp3) is 0.400. The van der Waals surface area contributed by atoms with E-state index in [1.165, 1.54) is 42.5 Å². The molecular weight excluding hydrogens is 1110 g/mol. The van der Waals surface area contributed by atoms with Gasteiger partial charge in [-0.1, -0.05) is 26.3 Å². The van der Waals surface area contributed by atoms with E-state index in [2.05, 4.69) is 0 Å². The van der Waals surface area contributed by atoms with Gasteiger partial charge in [0.25, 0.3) is 21.9 Å². The first-order valence-corrected chi connectivity index (χ1v) is 29.5. The summed E-state index contributed by atoms with van der Waals surface area (Å²) in [5, 5.41) is 0.500. The van der Waals surface area contributed by atoms with Gasteiger partial charge in [-0.15, -0.1) is 5.06 Å². The van der Waals surface area contributed by atoms with Gasteiger partial charge in [0.05, 0.1) is 30.2 Å². The molecule has 1 saturated heterocycles. The van der Waals surface area contributed by atoms with Gasteiger partial charge in [-0.3, -0.25) is 14.1 Å². The zero-order chi connectivity index (χ0) is 54.2. The van der Waals surface area contributed by atoms with E-state index in [1.54, 1.807) is 6.07 Å². The van der Waals surface area contributed by atoms with Gasteiger partial charge in [0.15, 0.2) is 5.71 Å². The third kappa shape index (κ3) is 16.0. The minimum absolute atomic E-state index is 0. The van der Waals surface area contributed by atoms with Crippen LogP contribution in [0.1, 0.15) is 109 Å². The van der Waals surface area contributed by atoms with E-state index in [-0.39, 0.29) is 138 Å². The minimum Gasteiger partial charge on any atom is -0.748 e. The predicted molar refractivity (Wildman–Crippen MR) is 265 cm³/mol. The van der Waals surface area contributed by atoms with Crippen molar-refractivity contribution in [2.75, 3.05) is 23.7 Å². The average Bonchev–Trinajstić information content (AvgIpc) is 3.82. The first-order chi connectivity index (χ1) is 34.5. The maximum absolute atomic E-state index is 12.5. The van der Waals surface area contributed by atoms with Gasteiger partial charge in [-0.05, 0) is 136 Å². The van der Waals surface area contributed by atoms with Crippen molar-refractivity contribution in [1.29, 1.82) is 0 Å². The number of unbranched alkanes of at least 4 members (excludes halogenated alkanes) is 3. The molecule has 1 fully saturated rings. The van der Waals surface area contributed by atoms with Crippen LogP contribution in [-0.4, -0.2) is 104 Å². The molecule has 77 heavy (non-hydrogen) atoms. The largest absolute Gasteiger partial charge is 1.00 e. The molecule has 27 heteroatoms. The van der Waals surface area contributed by atoms with Crippen LogP contribution >= 0.6 is 0 Å². The molecule has 0 radical (unpaired) electrons. The molecule has 3 heterocycles. The monoisotopic (exact) mass is 1170 g/mol. The first kappa shape index (κ1) is 66.7. The summed E-state index contributed by atoms with van der Waals surface area (Å²) in [6, 6.07) is 13.3. The summed E-state index contributed by atoms with van der Waals surface area (Å²) in [7, 11) is -18.7. The smallest absolute Gasteiger partial charge is 0.748 e. The fourth-order valence-electron chi connectivity index (χ4n) is 9.68. The summed E-state index contributed by atoms with van der Waals surface area (Å²) in [4.78, 5) is 42.2. The molecule has 4 aliphatic rings. The number of hydrogen-bond acceptors (Lipinski definition) is 17. The predicted octanol–water partition coefficient (Wildman–Crippen LogP) is -2.70. The number of hydrogen-bond donors (Lipinski definition) is 1. The van der Waals surface area contributed by atoms with E-state index in [4.69, 9.17) is 9.57 Å². The van der Waals surface area contributed by atoms with Crippen LogP contribution in [0.25, 0.3) is 0 Å². The number of carbonyl (C=O) groups excluding carboxylic acids is 3. The van der Waals surface area contributed by atoms with Crippen molar-refractivity contribution in [2.24, 2.45) is 0 Å². The van der Waals surface area contributed by atoms with E-state index in [1.807, 2.05) is 61.5 Å². The normalized spacial score (nSPS) is 18.3. The van der Waals surface area contributed by atoms with Gasteiger partial charge >= 0.3 is 94.6 Å². The standard InChI is InChI=1S/C50H57N3O17S4.3Na/c1-49(2)39-31-37(73(63,64)65)20-22-41(39)51(28-7-5-6-13-47(56)70-53-45(54)26-27-46(53)55)43(49)24-14-33-11-10-12-34(48(33)69-35-16-18-36(19-17-35)72(60,61)62)15-25-44-50(3,4)40-32-38(74(66,67)68)21-23-42(40)52(44)29-8-9-30-71(57,58)59;;;/h14-25,31-32H,5-13,26-30H2,1-4H3,(H3-,57,58,59,60,61,62,63,64,65,66,67,68);;;/q;3*+1/p-2. The molecule has 2 amide bonds. The number of benzene rings is 3. The van der Waals surface area contributed by atoms with E-state index >= 15 is 0 Å². The van der Waals surface area contributed by atoms with Crippen molar-refractivity contribution in [3.63, 3.8) is 0 Å². The second kappa shape index (κ2) is 26.4. The van der Waals surface area contributed by atoms with Gasteiger partial charge in [0.2, 0.25) is 5.69 Å². The summed E-state index contributed by atoms with van der Waals surface area (Å²) >= 11 is 0. The van der Waals surface area contributed by atoms with Crippen LogP contribution in [0.2, 0.25) is 0 Å². The van der Waals surface area contributed by atoms with Crippen LogP contribution in [0.3, 0.4) is 0 Å². The zero-order valence-corrected chi connectivity index (χ0v) is 53.2. The number of nitrogens with zero attached hydrogens (tertiary/aromatic N) is 3. The Morgan fingerprint density at radius 2 is 1.31 bits per heavy atom. The van der Waals surface area contributed by atoms with Crippen LogP contribution in [-0.2, 0) is 70.5 Å². The average molecular weight is 1170 g/mol. The van der Waals surface area contributed by atoms with Crippen molar-refractivity contribution >= 4 is 75.3 Å². The molecule has 3 aromatic carbocycles. The number of ether oxygens (including phenoxy) is 1.